The summed E-state index contributed by atoms with van der Waals surface area (Å²) in [4.78, 5) is 11.4. The van der Waals surface area contributed by atoms with Crippen molar-refractivity contribution < 1.29 is 31.3 Å². The van der Waals surface area contributed by atoms with Gasteiger partial charge in [0.15, 0.2) is 0 Å². The van der Waals surface area contributed by atoms with Crippen LogP contribution in [0.5, 0.6) is 0 Å². The van der Waals surface area contributed by atoms with Crippen LogP contribution in [-0.4, -0.2) is 30.3 Å². The summed E-state index contributed by atoms with van der Waals surface area (Å²) < 4.78 is 60.8. The molecule has 4 aliphatic carbocycles. The van der Waals surface area contributed by atoms with Crippen LogP contribution in [-0.2, 0) is 19.6 Å². The molecule has 0 aromatic heterocycles. The highest BCUT2D eigenvalue weighted by Crippen LogP contribution is 2.81. The first-order valence-corrected chi connectivity index (χ1v) is 8.18. The lowest BCUT2D eigenvalue weighted by Crippen LogP contribution is -2.63. The maximum atomic E-state index is 13.2. The van der Waals surface area contributed by atoms with Gasteiger partial charge in [-0.25, -0.2) is 4.79 Å². The van der Waals surface area contributed by atoms with Gasteiger partial charge in [-0.2, -0.15) is 17.2 Å². The van der Waals surface area contributed by atoms with Crippen LogP contribution in [0, 0.1) is 29.1 Å². The van der Waals surface area contributed by atoms with Gasteiger partial charge in [0, 0.05) is 5.92 Å². The number of carbonyl (C=O) groups excluding carboxylic acids is 1. The Kier molecular flexibility index (Phi) is 2.17. The second-order valence-corrected chi connectivity index (χ2v) is 8.11. The molecule has 20 heavy (non-hydrogen) atoms. The zero-order chi connectivity index (χ0) is 14.5. The normalized spacial score (nSPS) is 48.2. The van der Waals surface area contributed by atoms with E-state index in [1.54, 1.807) is 0 Å². The highest BCUT2D eigenvalue weighted by molar-refractivity contribution is 7.87. The Morgan fingerprint density at radius 1 is 1.25 bits per heavy atom. The molecule has 8 heteroatoms. The van der Waals surface area contributed by atoms with E-state index in [1.807, 2.05) is 0 Å². The topological polar surface area (TPSA) is 80.7 Å². The first kappa shape index (κ1) is 12.9. The quantitative estimate of drug-likeness (QED) is 0.630. The monoisotopic (exact) mass is 308 g/mol. The minimum atomic E-state index is -5.78. The van der Waals surface area contributed by atoms with E-state index in [2.05, 4.69) is 0 Å². The third-order valence-electron chi connectivity index (χ3n) is 6.19. The van der Waals surface area contributed by atoms with Crippen molar-refractivity contribution in [3.05, 3.63) is 0 Å². The van der Waals surface area contributed by atoms with Crippen LogP contribution in [0.25, 0.3) is 0 Å². The van der Waals surface area contributed by atoms with E-state index < -0.39 is 27.4 Å². The molecule has 0 radical (unpaired) electrons. The summed E-state index contributed by atoms with van der Waals surface area (Å²) in [5.41, 5.74) is 0.184. The second kappa shape index (κ2) is 3.35. The van der Waals surface area contributed by atoms with Gasteiger partial charge in [0.25, 0.3) is 0 Å². The van der Waals surface area contributed by atoms with Gasteiger partial charge in [0.1, 0.15) is 6.10 Å². The molecule has 0 aromatic rings. The molecule has 1 spiro atoms. The molecular weight excluding hydrogens is 294 g/mol. The number of halogens is 2. The number of esters is 1. The predicted molar refractivity (Wildman–Crippen MR) is 61.2 cm³/mol. The fourth-order valence-electron chi connectivity index (χ4n) is 5.44. The lowest BCUT2D eigenvalue weighted by molar-refractivity contribution is -0.222. The molecular formula is C12H14F2O5S. The van der Waals surface area contributed by atoms with E-state index in [4.69, 9.17) is 9.29 Å². The fraction of sp³-hybridized carbons (Fsp3) is 0.917. The zero-order valence-corrected chi connectivity index (χ0v) is 11.3. The maximum absolute atomic E-state index is 13.2. The summed E-state index contributed by atoms with van der Waals surface area (Å²) in [7, 11) is -5.78. The third kappa shape index (κ3) is 1.21. The van der Waals surface area contributed by atoms with E-state index in [-0.39, 0.29) is 17.3 Å². The largest absolute Gasteiger partial charge is 0.465 e. The van der Waals surface area contributed by atoms with Gasteiger partial charge in [-0.3, -0.25) is 4.55 Å². The Labute approximate surface area is 114 Å². The first-order chi connectivity index (χ1) is 9.18. The number of fused-ring (bicyclic) bond motifs is 1. The summed E-state index contributed by atoms with van der Waals surface area (Å²) in [6.07, 6.45) is 3.24. The van der Waals surface area contributed by atoms with Crippen molar-refractivity contribution in [3.63, 3.8) is 0 Å². The van der Waals surface area contributed by atoms with E-state index in [0.717, 1.165) is 19.3 Å². The van der Waals surface area contributed by atoms with E-state index in [0.29, 0.717) is 11.8 Å². The average Bonchev–Trinajstić information content (AvgIpc) is 2.78. The van der Waals surface area contributed by atoms with Gasteiger partial charge in [0.2, 0.25) is 0 Å². The van der Waals surface area contributed by atoms with Crippen LogP contribution in [0.15, 0.2) is 0 Å². The molecule has 2 bridgehead atoms. The predicted octanol–water partition coefficient (Wildman–Crippen LogP) is 1.44. The van der Waals surface area contributed by atoms with Crippen molar-refractivity contribution in [2.75, 3.05) is 0 Å². The zero-order valence-electron chi connectivity index (χ0n) is 10.5. The number of ether oxygens (including phenoxy) is 1. The number of hydrogen-bond acceptors (Lipinski definition) is 4. The Morgan fingerprint density at radius 3 is 2.45 bits per heavy atom. The Balaban J connectivity index is 1.53. The van der Waals surface area contributed by atoms with Gasteiger partial charge >= 0.3 is 21.3 Å². The Bertz CT molecular complexity index is 603. The number of alkyl halides is 2. The Morgan fingerprint density at radius 2 is 1.90 bits per heavy atom. The van der Waals surface area contributed by atoms with E-state index >= 15 is 0 Å². The molecule has 4 aliphatic rings. The minimum Gasteiger partial charge on any atom is -0.456 e. The lowest BCUT2D eigenvalue weighted by Gasteiger charge is -2.67. The van der Waals surface area contributed by atoms with Crippen molar-refractivity contribution in [3.8, 4) is 0 Å². The standard InChI is InChI=1S/C12H14F2O5S/c13-12(14,20(16,17)18)10(15)19-9-5-1-6-2-7-3-8(9)11(6,7)4-5/h5-9H,1-4H2,(H,16,17,18)/t5?,6?,7?,8?,9?,11-/m0/s1. The summed E-state index contributed by atoms with van der Waals surface area (Å²) in [6, 6.07) is 0. The highest BCUT2D eigenvalue weighted by atomic mass is 32.2. The van der Waals surface area contributed by atoms with Crippen molar-refractivity contribution in [2.24, 2.45) is 29.1 Å². The van der Waals surface area contributed by atoms with Crippen molar-refractivity contribution in [2.45, 2.75) is 37.0 Å². The molecule has 5 nitrogen and oxygen atoms in total. The summed E-state index contributed by atoms with van der Waals surface area (Å²) in [5.74, 6) is -0.709. The van der Waals surface area contributed by atoms with Crippen LogP contribution >= 0.6 is 0 Å². The van der Waals surface area contributed by atoms with Gasteiger partial charge in [-0.05, 0) is 48.9 Å². The lowest BCUT2D eigenvalue weighted by atomic mass is 9.38. The van der Waals surface area contributed by atoms with E-state index in [1.165, 1.54) is 6.42 Å². The fourth-order valence-corrected chi connectivity index (χ4v) is 5.70. The summed E-state index contributed by atoms with van der Waals surface area (Å²) >= 11 is 0. The average molecular weight is 308 g/mol. The summed E-state index contributed by atoms with van der Waals surface area (Å²) in [6.45, 7) is 0. The van der Waals surface area contributed by atoms with Gasteiger partial charge in [-0.1, -0.05) is 0 Å². The van der Waals surface area contributed by atoms with E-state index in [9.17, 15) is 22.0 Å². The van der Waals surface area contributed by atoms with Crippen LogP contribution < -0.4 is 0 Å². The summed E-state index contributed by atoms with van der Waals surface area (Å²) in [5, 5.41) is -4.88. The molecule has 112 valence electrons. The highest BCUT2D eigenvalue weighted by Gasteiger charge is 2.77. The first-order valence-electron chi connectivity index (χ1n) is 6.74. The minimum absolute atomic E-state index is 0.0682. The van der Waals surface area contributed by atoms with Gasteiger partial charge in [0.05, 0.1) is 0 Å². The smallest absolute Gasteiger partial charge is 0.456 e. The molecule has 0 saturated heterocycles. The molecule has 4 saturated carbocycles. The molecule has 6 atom stereocenters. The van der Waals surface area contributed by atoms with Crippen LogP contribution in [0.2, 0.25) is 0 Å². The second-order valence-electron chi connectivity index (χ2n) is 6.65. The van der Waals surface area contributed by atoms with Crippen LogP contribution in [0.4, 0.5) is 8.78 Å². The van der Waals surface area contributed by atoms with Crippen LogP contribution in [0.3, 0.4) is 0 Å². The SMILES string of the molecule is O=C(OC1C2CC3CC4CC1[C@@]34C2)C(F)(F)S(=O)(=O)O. The number of rotatable bonds is 3. The molecule has 0 amide bonds. The number of hydrogen-bond donors (Lipinski definition) is 1. The van der Waals surface area contributed by atoms with Gasteiger partial charge < -0.3 is 4.74 Å². The third-order valence-corrected chi connectivity index (χ3v) is 7.00. The van der Waals surface area contributed by atoms with Gasteiger partial charge in [-0.15, -0.1) is 0 Å². The molecule has 5 unspecified atom stereocenters. The van der Waals surface area contributed by atoms with Crippen molar-refractivity contribution in [1.82, 2.24) is 0 Å². The Hall–Kier alpha value is -0.760. The number of carbonyl (C=O) groups is 1. The molecule has 1 N–H and O–H groups in total. The van der Waals surface area contributed by atoms with Crippen LogP contribution in [0.1, 0.15) is 25.7 Å². The van der Waals surface area contributed by atoms with Crippen molar-refractivity contribution in [1.29, 1.82) is 0 Å². The molecule has 0 aliphatic heterocycles. The van der Waals surface area contributed by atoms with Crippen molar-refractivity contribution >= 4 is 16.1 Å². The molecule has 4 fully saturated rings. The molecule has 4 rings (SSSR count). The molecule has 0 aromatic carbocycles. The maximum Gasteiger partial charge on any atom is 0.465 e. The molecule has 0 heterocycles.